The number of likely N-dealkylation sites (tertiary alicyclic amines) is 1. The number of pyridine rings is 1. The SMILES string of the molecule is O=C(Nc1ccc(Cl)c(-c2nc3ncc(Br)cc3o2)c1)N1CCCC1. The number of nitrogens with one attached hydrogen (secondary N) is 1. The molecule has 1 aromatic carbocycles. The third-order valence-corrected chi connectivity index (χ3v) is 4.82. The van der Waals surface area contributed by atoms with Crippen LogP contribution in [0, 0.1) is 0 Å². The number of benzene rings is 1. The second-order valence-electron chi connectivity index (χ2n) is 5.81. The van der Waals surface area contributed by atoms with E-state index in [9.17, 15) is 4.79 Å². The molecule has 1 saturated heterocycles. The van der Waals surface area contributed by atoms with Gasteiger partial charge in [-0.05, 0) is 47.0 Å². The lowest BCUT2D eigenvalue weighted by molar-refractivity contribution is 0.222. The maximum Gasteiger partial charge on any atom is 0.321 e. The summed E-state index contributed by atoms with van der Waals surface area (Å²) >= 11 is 9.66. The van der Waals surface area contributed by atoms with Gasteiger partial charge in [0.1, 0.15) is 0 Å². The minimum absolute atomic E-state index is 0.103. The largest absolute Gasteiger partial charge is 0.434 e. The van der Waals surface area contributed by atoms with Gasteiger partial charge in [-0.25, -0.2) is 9.78 Å². The van der Waals surface area contributed by atoms with E-state index in [2.05, 4.69) is 31.2 Å². The molecule has 6 nitrogen and oxygen atoms in total. The summed E-state index contributed by atoms with van der Waals surface area (Å²) in [5, 5.41) is 3.39. The molecule has 3 aromatic rings. The van der Waals surface area contributed by atoms with Crippen LogP contribution in [0.5, 0.6) is 0 Å². The van der Waals surface area contributed by atoms with Crippen molar-refractivity contribution >= 4 is 50.5 Å². The highest BCUT2D eigenvalue weighted by molar-refractivity contribution is 9.10. The van der Waals surface area contributed by atoms with E-state index < -0.39 is 0 Å². The number of hydrogen-bond acceptors (Lipinski definition) is 4. The van der Waals surface area contributed by atoms with Gasteiger partial charge < -0.3 is 14.6 Å². The van der Waals surface area contributed by atoms with Crippen LogP contribution >= 0.6 is 27.5 Å². The van der Waals surface area contributed by atoms with Crippen molar-refractivity contribution in [1.29, 1.82) is 0 Å². The molecule has 0 radical (unpaired) electrons. The van der Waals surface area contributed by atoms with Crippen LogP contribution in [0.3, 0.4) is 0 Å². The summed E-state index contributed by atoms with van der Waals surface area (Å²) in [5.41, 5.74) is 2.32. The smallest absolute Gasteiger partial charge is 0.321 e. The Kier molecular flexibility index (Phi) is 4.35. The number of urea groups is 1. The zero-order chi connectivity index (χ0) is 17.4. The number of nitrogens with zero attached hydrogens (tertiary/aromatic N) is 3. The fourth-order valence-corrected chi connectivity index (χ4v) is 3.31. The van der Waals surface area contributed by atoms with E-state index in [1.807, 2.05) is 0 Å². The summed E-state index contributed by atoms with van der Waals surface area (Å²) in [4.78, 5) is 22.6. The Bertz CT molecular complexity index is 953. The van der Waals surface area contributed by atoms with E-state index in [-0.39, 0.29) is 6.03 Å². The molecule has 0 saturated carbocycles. The second-order valence-corrected chi connectivity index (χ2v) is 7.14. The first-order valence-corrected chi connectivity index (χ1v) is 9.05. The first kappa shape index (κ1) is 16.4. The molecule has 0 bridgehead atoms. The standard InChI is InChI=1S/C17H14BrClN4O2/c18-10-7-14-15(20-9-10)22-16(25-14)12-8-11(3-4-13(12)19)21-17(24)23-5-1-2-6-23/h3-4,7-9H,1-2,5-6H2,(H,21,24). The predicted octanol–water partition coefficient (Wildman–Crippen LogP) is 4.93. The Morgan fingerprint density at radius 2 is 2.08 bits per heavy atom. The number of oxazole rings is 1. The van der Waals surface area contributed by atoms with Gasteiger partial charge in [0.25, 0.3) is 0 Å². The minimum atomic E-state index is -0.103. The monoisotopic (exact) mass is 420 g/mol. The van der Waals surface area contributed by atoms with Crippen LogP contribution in [0.15, 0.2) is 39.4 Å². The third-order valence-electron chi connectivity index (χ3n) is 4.05. The summed E-state index contributed by atoms with van der Waals surface area (Å²) in [6.45, 7) is 1.58. The molecule has 1 aliphatic heterocycles. The van der Waals surface area contributed by atoms with Gasteiger partial charge in [-0.2, -0.15) is 4.98 Å². The van der Waals surface area contributed by atoms with Gasteiger partial charge in [-0.1, -0.05) is 11.6 Å². The molecule has 0 spiro atoms. The fourth-order valence-electron chi connectivity index (χ4n) is 2.80. The molecule has 128 valence electrons. The molecule has 3 heterocycles. The van der Waals surface area contributed by atoms with Crippen molar-refractivity contribution in [1.82, 2.24) is 14.9 Å². The van der Waals surface area contributed by atoms with Crippen LogP contribution in [0.25, 0.3) is 22.7 Å². The molecule has 1 N–H and O–H groups in total. The highest BCUT2D eigenvalue weighted by Gasteiger charge is 2.19. The maximum absolute atomic E-state index is 12.3. The Balaban J connectivity index is 1.65. The van der Waals surface area contributed by atoms with Gasteiger partial charge in [0.05, 0.1) is 10.6 Å². The van der Waals surface area contributed by atoms with Crippen LogP contribution in [-0.2, 0) is 0 Å². The summed E-state index contributed by atoms with van der Waals surface area (Å²) in [6.07, 6.45) is 3.75. The number of halogens is 2. The van der Waals surface area contributed by atoms with Crippen molar-refractivity contribution in [2.24, 2.45) is 0 Å². The lowest BCUT2D eigenvalue weighted by Gasteiger charge is -2.16. The second kappa shape index (κ2) is 6.65. The van der Waals surface area contributed by atoms with E-state index in [1.165, 1.54) is 0 Å². The zero-order valence-electron chi connectivity index (χ0n) is 13.1. The van der Waals surface area contributed by atoms with Gasteiger partial charge in [-0.3, -0.25) is 0 Å². The predicted molar refractivity (Wildman–Crippen MR) is 99.8 cm³/mol. The molecule has 2 amide bonds. The molecule has 8 heteroatoms. The minimum Gasteiger partial charge on any atom is -0.434 e. The van der Waals surface area contributed by atoms with Crippen molar-refractivity contribution < 1.29 is 9.21 Å². The normalized spacial score (nSPS) is 14.2. The average Bonchev–Trinajstić information content (AvgIpc) is 3.25. The van der Waals surface area contributed by atoms with Crippen LogP contribution in [0.1, 0.15) is 12.8 Å². The average molecular weight is 422 g/mol. The maximum atomic E-state index is 12.3. The molecule has 1 fully saturated rings. The number of carbonyl (C=O) groups is 1. The number of amides is 2. The lowest BCUT2D eigenvalue weighted by atomic mass is 10.2. The van der Waals surface area contributed by atoms with E-state index in [4.69, 9.17) is 16.0 Å². The van der Waals surface area contributed by atoms with Gasteiger partial charge in [-0.15, -0.1) is 0 Å². The number of hydrogen-bond donors (Lipinski definition) is 1. The topological polar surface area (TPSA) is 71.3 Å². The molecule has 25 heavy (non-hydrogen) atoms. The molecule has 1 aliphatic rings. The lowest BCUT2D eigenvalue weighted by Crippen LogP contribution is -2.32. The van der Waals surface area contributed by atoms with Gasteiger partial charge in [0.15, 0.2) is 11.2 Å². The number of fused-ring (bicyclic) bond motifs is 1. The third kappa shape index (κ3) is 3.34. The van der Waals surface area contributed by atoms with Gasteiger partial charge in [0, 0.05) is 35.5 Å². The first-order chi connectivity index (χ1) is 12.1. The van der Waals surface area contributed by atoms with Gasteiger partial charge in [0.2, 0.25) is 5.89 Å². The van der Waals surface area contributed by atoms with Crippen molar-refractivity contribution in [3.8, 4) is 11.5 Å². The van der Waals surface area contributed by atoms with E-state index in [0.717, 1.165) is 30.4 Å². The Hall–Kier alpha value is -2.12. The van der Waals surface area contributed by atoms with Crippen molar-refractivity contribution in [3.05, 3.63) is 40.0 Å². The summed E-state index contributed by atoms with van der Waals surface area (Å²) in [7, 11) is 0. The first-order valence-electron chi connectivity index (χ1n) is 7.88. The molecule has 4 rings (SSSR count). The fraction of sp³-hybridized carbons (Fsp3) is 0.235. The van der Waals surface area contributed by atoms with Crippen LogP contribution in [0.4, 0.5) is 10.5 Å². The molecule has 0 atom stereocenters. The zero-order valence-corrected chi connectivity index (χ0v) is 15.5. The molecule has 0 aliphatic carbocycles. The van der Waals surface area contributed by atoms with Crippen LogP contribution < -0.4 is 5.32 Å². The van der Waals surface area contributed by atoms with Crippen LogP contribution in [-0.4, -0.2) is 34.0 Å². The van der Waals surface area contributed by atoms with E-state index in [1.54, 1.807) is 35.4 Å². The molecule has 0 unspecified atom stereocenters. The van der Waals surface area contributed by atoms with E-state index in [0.29, 0.717) is 33.4 Å². The Morgan fingerprint density at radius 1 is 1.28 bits per heavy atom. The van der Waals surface area contributed by atoms with Crippen molar-refractivity contribution in [3.63, 3.8) is 0 Å². The quantitative estimate of drug-likeness (QED) is 0.636. The highest BCUT2D eigenvalue weighted by Crippen LogP contribution is 2.32. The van der Waals surface area contributed by atoms with Crippen LogP contribution in [0.2, 0.25) is 5.02 Å². The van der Waals surface area contributed by atoms with Crippen molar-refractivity contribution in [2.75, 3.05) is 18.4 Å². The highest BCUT2D eigenvalue weighted by atomic mass is 79.9. The number of carbonyl (C=O) groups excluding carboxylic acids is 1. The molecular weight excluding hydrogens is 408 g/mol. The van der Waals surface area contributed by atoms with E-state index >= 15 is 0 Å². The molecular formula is C17H14BrClN4O2. The van der Waals surface area contributed by atoms with Crippen molar-refractivity contribution in [2.45, 2.75) is 12.8 Å². The summed E-state index contributed by atoms with van der Waals surface area (Å²) in [5.74, 6) is 0.364. The number of aromatic nitrogens is 2. The number of rotatable bonds is 2. The Morgan fingerprint density at radius 3 is 2.88 bits per heavy atom. The summed E-state index contributed by atoms with van der Waals surface area (Å²) in [6, 6.07) is 6.93. The molecule has 2 aromatic heterocycles. The number of anilines is 1. The Labute approximate surface area is 157 Å². The summed E-state index contributed by atoms with van der Waals surface area (Å²) < 4.78 is 6.57. The van der Waals surface area contributed by atoms with Gasteiger partial charge >= 0.3 is 6.03 Å².